The highest BCUT2D eigenvalue weighted by atomic mass is 32.2. The summed E-state index contributed by atoms with van der Waals surface area (Å²) < 4.78 is 27.7. The molecule has 0 radical (unpaired) electrons. The van der Waals surface area contributed by atoms with Gasteiger partial charge in [0.15, 0.2) is 23.1 Å². The van der Waals surface area contributed by atoms with Crippen LogP contribution in [0.1, 0.15) is 33.3 Å². The molecule has 0 saturated carbocycles. The highest BCUT2D eigenvalue weighted by Gasteiger charge is 2.42. The van der Waals surface area contributed by atoms with E-state index in [0.717, 1.165) is 17.9 Å². The van der Waals surface area contributed by atoms with Gasteiger partial charge in [-0.3, -0.25) is 14.4 Å². The highest BCUT2D eigenvalue weighted by Crippen LogP contribution is 2.36. The summed E-state index contributed by atoms with van der Waals surface area (Å²) in [7, 11) is 0. The molecular formula is C19H17F2N3O4S. The third kappa shape index (κ3) is 3.27. The fourth-order valence-corrected chi connectivity index (χ4v) is 4.96. The first-order valence-electron chi connectivity index (χ1n) is 8.90. The summed E-state index contributed by atoms with van der Waals surface area (Å²) in [4.78, 5) is 39.4. The number of carbonyl (C=O) groups is 2. The molecule has 2 aromatic rings. The number of thioether (sulfide) groups is 1. The Morgan fingerprint density at radius 2 is 2.07 bits per heavy atom. The first-order valence-corrected chi connectivity index (χ1v) is 9.95. The van der Waals surface area contributed by atoms with Crippen LogP contribution in [0.25, 0.3) is 0 Å². The second-order valence-corrected chi connectivity index (χ2v) is 8.21. The van der Waals surface area contributed by atoms with E-state index >= 15 is 0 Å². The zero-order chi connectivity index (χ0) is 20.9. The first kappa shape index (κ1) is 19.4. The minimum atomic E-state index is -1.05. The van der Waals surface area contributed by atoms with Crippen molar-refractivity contribution >= 4 is 23.6 Å². The van der Waals surface area contributed by atoms with Gasteiger partial charge in [-0.15, -0.1) is 11.8 Å². The van der Waals surface area contributed by atoms with Gasteiger partial charge in [-0.1, -0.05) is 6.07 Å². The average molecular weight is 421 g/mol. The Balaban J connectivity index is 1.61. The lowest BCUT2D eigenvalue weighted by molar-refractivity contribution is 0.0634. The Hall–Kier alpha value is -2.88. The van der Waals surface area contributed by atoms with Crippen molar-refractivity contribution in [3.8, 4) is 5.75 Å². The van der Waals surface area contributed by atoms with Crippen LogP contribution in [0.15, 0.2) is 29.2 Å². The van der Waals surface area contributed by atoms with Crippen molar-refractivity contribution in [2.45, 2.75) is 31.4 Å². The molecule has 0 bridgehead atoms. The molecule has 152 valence electrons. The molecule has 2 aliphatic rings. The fourth-order valence-electron chi connectivity index (χ4n) is 3.56. The Kier molecular flexibility index (Phi) is 4.81. The van der Waals surface area contributed by atoms with Crippen molar-refractivity contribution in [1.29, 1.82) is 0 Å². The largest absolute Gasteiger partial charge is 0.503 e. The Bertz CT molecular complexity index is 1090. The van der Waals surface area contributed by atoms with Gasteiger partial charge >= 0.3 is 0 Å². The van der Waals surface area contributed by atoms with Gasteiger partial charge in [0.1, 0.15) is 5.56 Å². The van der Waals surface area contributed by atoms with Gasteiger partial charge in [0.2, 0.25) is 5.43 Å². The molecule has 0 aliphatic carbocycles. The van der Waals surface area contributed by atoms with Gasteiger partial charge in [0, 0.05) is 24.5 Å². The van der Waals surface area contributed by atoms with Crippen LogP contribution < -0.4 is 10.7 Å². The first-order chi connectivity index (χ1) is 13.8. The number of nitrogens with zero attached hydrogens (tertiary/aromatic N) is 2. The highest BCUT2D eigenvalue weighted by molar-refractivity contribution is 8.00. The summed E-state index contributed by atoms with van der Waals surface area (Å²) in [5.74, 6) is -3.30. The van der Waals surface area contributed by atoms with Crippen molar-refractivity contribution in [3.63, 3.8) is 0 Å². The van der Waals surface area contributed by atoms with Crippen LogP contribution >= 0.6 is 11.8 Å². The van der Waals surface area contributed by atoms with Gasteiger partial charge in [0.25, 0.3) is 11.8 Å². The summed E-state index contributed by atoms with van der Waals surface area (Å²) in [5.41, 5.74) is -1.10. The number of nitrogens with one attached hydrogen (secondary N) is 1. The normalized spacial score (nSPS) is 20.4. The van der Waals surface area contributed by atoms with Gasteiger partial charge in [-0.2, -0.15) is 0 Å². The minimum Gasteiger partial charge on any atom is -0.503 e. The van der Waals surface area contributed by atoms with Crippen molar-refractivity contribution in [1.82, 2.24) is 14.8 Å². The molecule has 3 heterocycles. The number of aromatic nitrogens is 1. The lowest BCUT2D eigenvalue weighted by atomic mass is 10.1. The maximum absolute atomic E-state index is 13.3. The van der Waals surface area contributed by atoms with Crippen LogP contribution in [-0.4, -0.2) is 43.6 Å². The van der Waals surface area contributed by atoms with Crippen LogP contribution in [0.2, 0.25) is 0 Å². The van der Waals surface area contributed by atoms with E-state index in [4.69, 9.17) is 0 Å². The summed E-state index contributed by atoms with van der Waals surface area (Å²) in [5, 5.41) is 12.7. The molecule has 0 spiro atoms. The van der Waals surface area contributed by atoms with Gasteiger partial charge in [-0.25, -0.2) is 8.78 Å². The zero-order valence-corrected chi connectivity index (χ0v) is 16.1. The van der Waals surface area contributed by atoms with Crippen molar-refractivity contribution in [2.24, 2.45) is 0 Å². The number of amides is 2. The number of hydrogen-bond donors (Lipinski definition) is 2. The number of aromatic hydroxyl groups is 1. The minimum absolute atomic E-state index is 0.0140. The van der Waals surface area contributed by atoms with E-state index in [-0.39, 0.29) is 29.2 Å². The predicted octanol–water partition coefficient (Wildman–Crippen LogP) is 1.68. The second kappa shape index (κ2) is 7.18. The molecule has 2 atom stereocenters. The standard InChI is InChI=1S/C19H17F2N3O4S/c1-9-8-29-14-7-23-6-11(16(25)17(26)15(23)19(28)24(9)14)18(27)22-5-10-2-3-12(20)13(21)4-10/h2-4,6,9,14,26H,5,7-8H2,1H3,(H,22,27)/t9-,14?/m0/s1. The number of hydrogen-bond acceptors (Lipinski definition) is 5. The Labute approximate surface area is 168 Å². The Morgan fingerprint density at radius 1 is 1.31 bits per heavy atom. The maximum Gasteiger partial charge on any atom is 0.275 e. The van der Waals surface area contributed by atoms with E-state index in [0.29, 0.717) is 12.1 Å². The van der Waals surface area contributed by atoms with E-state index in [2.05, 4.69) is 5.32 Å². The molecule has 1 aromatic carbocycles. The molecule has 1 unspecified atom stereocenters. The summed E-state index contributed by atoms with van der Waals surface area (Å²) in [6, 6.07) is 3.17. The lowest BCUT2D eigenvalue weighted by Gasteiger charge is -2.34. The molecule has 7 nitrogen and oxygen atoms in total. The van der Waals surface area contributed by atoms with E-state index in [1.165, 1.54) is 16.8 Å². The Morgan fingerprint density at radius 3 is 2.79 bits per heavy atom. The molecule has 2 N–H and O–H groups in total. The molecule has 29 heavy (non-hydrogen) atoms. The van der Waals surface area contributed by atoms with Gasteiger partial charge in [-0.05, 0) is 24.6 Å². The van der Waals surface area contributed by atoms with E-state index < -0.39 is 34.6 Å². The summed E-state index contributed by atoms with van der Waals surface area (Å²) in [6.07, 6.45) is 1.26. The molecule has 10 heteroatoms. The van der Waals surface area contributed by atoms with Crippen LogP contribution in [0, 0.1) is 11.6 Å². The van der Waals surface area contributed by atoms with Crippen LogP contribution in [0.4, 0.5) is 8.78 Å². The molecule has 1 saturated heterocycles. The number of fused-ring (bicyclic) bond motifs is 2. The summed E-state index contributed by atoms with van der Waals surface area (Å²) >= 11 is 1.59. The van der Waals surface area contributed by atoms with Crippen molar-refractivity contribution in [2.75, 3.05) is 5.75 Å². The number of rotatable bonds is 3. The van der Waals surface area contributed by atoms with Gasteiger partial charge < -0.3 is 19.9 Å². The molecule has 4 rings (SSSR count). The second-order valence-electron chi connectivity index (χ2n) is 7.00. The van der Waals surface area contributed by atoms with E-state index in [9.17, 15) is 28.3 Å². The number of pyridine rings is 1. The zero-order valence-electron chi connectivity index (χ0n) is 15.3. The molecule has 2 amide bonds. The van der Waals surface area contributed by atoms with Gasteiger partial charge in [0.05, 0.1) is 11.9 Å². The SMILES string of the molecule is C[C@H]1CSC2Cn3cc(C(=O)NCc4ccc(F)c(F)c4)c(=O)c(O)c3C(=O)N21. The lowest BCUT2D eigenvalue weighted by Crippen LogP contribution is -2.48. The quantitative estimate of drug-likeness (QED) is 0.787. The number of benzene rings is 1. The number of halogens is 2. The summed E-state index contributed by atoms with van der Waals surface area (Å²) in [6.45, 7) is 2.10. The molecule has 1 aromatic heterocycles. The number of carbonyl (C=O) groups excluding carboxylic acids is 2. The monoisotopic (exact) mass is 421 g/mol. The average Bonchev–Trinajstić information content (AvgIpc) is 3.06. The van der Waals surface area contributed by atoms with E-state index in [1.807, 2.05) is 6.92 Å². The van der Waals surface area contributed by atoms with Crippen LogP contribution in [-0.2, 0) is 13.1 Å². The van der Waals surface area contributed by atoms with Crippen molar-refractivity contribution < 1.29 is 23.5 Å². The maximum atomic E-state index is 13.3. The smallest absolute Gasteiger partial charge is 0.275 e. The topological polar surface area (TPSA) is 91.6 Å². The van der Waals surface area contributed by atoms with E-state index in [1.54, 1.807) is 16.7 Å². The molecule has 2 aliphatic heterocycles. The van der Waals surface area contributed by atoms with Crippen molar-refractivity contribution in [3.05, 3.63) is 63.1 Å². The molecule has 1 fully saturated rings. The fraction of sp³-hybridized carbons (Fsp3) is 0.316. The third-order valence-electron chi connectivity index (χ3n) is 5.04. The third-order valence-corrected chi connectivity index (χ3v) is 6.48. The van der Waals surface area contributed by atoms with Crippen LogP contribution in [0.5, 0.6) is 5.75 Å². The van der Waals surface area contributed by atoms with Crippen LogP contribution in [0.3, 0.4) is 0 Å². The molecular weight excluding hydrogens is 404 g/mol. The predicted molar refractivity (Wildman–Crippen MR) is 102 cm³/mol.